The van der Waals surface area contributed by atoms with Crippen LogP contribution in [0.1, 0.15) is 45.4 Å². The van der Waals surface area contributed by atoms with E-state index in [2.05, 4.69) is 0 Å². The second-order valence-corrected chi connectivity index (χ2v) is 3.49. The van der Waals surface area contributed by atoms with Crippen LogP contribution in [-0.2, 0) is 4.74 Å². The van der Waals surface area contributed by atoms with Crippen molar-refractivity contribution in [1.82, 2.24) is 0 Å². The molecule has 1 fully saturated rings. The third-order valence-corrected chi connectivity index (χ3v) is 2.53. The van der Waals surface area contributed by atoms with Gasteiger partial charge in [0.2, 0.25) is 0 Å². The number of nitrogens with one attached hydrogen (secondary N) is 1. The van der Waals surface area contributed by atoms with E-state index in [1.807, 2.05) is 6.92 Å². The highest BCUT2D eigenvalue weighted by molar-refractivity contribution is 5.75. The summed E-state index contributed by atoms with van der Waals surface area (Å²) in [4.78, 5) is 0. The minimum Gasteiger partial charge on any atom is -0.481 e. The lowest BCUT2D eigenvalue weighted by molar-refractivity contribution is 0.289. The average molecular weight is 169 g/mol. The molecular formula is C10H19NO. The molecule has 0 aromatic rings. The van der Waals surface area contributed by atoms with Crippen LogP contribution in [0, 0.1) is 11.3 Å². The lowest BCUT2D eigenvalue weighted by atomic mass is 10.0. The third-order valence-electron chi connectivity index (χ3n) is 2.53. The highest BCUT2D eigenvalue weighted by Crippen LogP contribution is 2.23. The monoisotopic (exact) mass is 169 g/mol. The van der Waals surface area contributed by atoms with E-state index in [0.29, 0.717) is 18.4 Å². The van der Waals surface area contributed by atoms with E-state index in [1.54, 1.807) is 0 Å². The zero-order valence-corrected chi connectivity index (χ0v) is 7.94. The summed E-state index contributed by atoms with van der Waals surface area (Å²) >= 11 is 0. The van der Waals surface area contributed by atoms with Crippen LogP contribution in [-0.4, -0.2) is 12.5 Å². The van der Waals surface area contributed by atoms with Gasteiger partial charge in [0.15, 0.2) is 5.90 Å². The first-order valence-electron chi connectivity index (χ1n) is 5.06. The third kappa shape index (κ3) is 2.84. The van der Waals surface area contributed by atoms with Crippen LogP contribution < -0.4 is 0 Å². The summed E-state index contributed by atoms with van der Waals surface area (Å²) in [6.45, 7) is 2.60. The molecule has 1 aliphatic carbocycles. The highest BCUT2D eigenvalue weighted by Gasteiger charge is 2.17. The Morgan fingerprint density at radius 1 is 1.25 bits per heavy atom. The maximum absolute atomic E-state index is 7.66. The molecule has 0 saturated heterocycles. The quantitative estimate of drug-likeness (QED) is 0.385. The van der Waals surface area contributed by atoms with Crippen LogP contribution in [0.5, 0.6) is 0 Å². The molecule has 1 aliphatic rings. The molecule has 70 valence electrons. The minimum atomic E-state index is 0.424. The van der Waals surface area contributed by atoms with Crippen molar-refractivity contribution < 1.29 is 4.74 Å². The summed E-state index contributed by atoms with van der Waals surface area (Å²) in [7, 11) is 0. The van der Waals surface area contributed by atoms with Crippen LogP contribution >= 0.6 is 0 Å². The molecule has 0 atom stereocenters. The molecule has 0 aromatic carbocycles. The van der Waals surface area contributed by atoms with Crippen molar-refractivity contribution in [2.45, 2.75) is 45.4 Å². The molecule has 0 spiro atoms. The van der Waals surface area contributed by atoms with Crippen LogP contribution in [0.2, 0.25) is 0 Å². The normalized spacial score (nSPS) is 20.1. The Balaban J connectivity index is 2.32. The van der Waals surface area contributed by atoms with Gasteiger partial charge in [0.25, 0.3) is 0 Å². The number of rotatable bonds is 2. The summed E-state index contributed by atoms with van der Waals surface area (Å²) in [5.41, 5.74) is 0. The van der Waals surface area contributed by atoms with Crippen molar-refractivity contribution in [2.75, 3.05) is 6.61 Å². The summed E-state index contributed by atoms with van der Waals surface area (Å²) in [6.07, 6.45) is 7.57. The molecule has 0 aliphatic heterocycles. The smallest absolute Gasteiger partial charge is 0.183 e. The van der Waals surface area contributed by atoms with Crippen molar-refractivity contribution in [3.05, 3.63) is 0 Å². The highest BCUT2D eigenvalue weighted by atomic mass is 16.5. The first-order chi connectivity index (χ1) is 5.84. The van der Waals surface area contributed by atoms with E-state index in [4.69, 9.17) is 10.1 Å². The number of ether oxygens (including phenoxy) is 1. The second-order valence-electron chi connectivity index (χ2n) is 3.49. The lowest BCUT2D eigenvalue weighted by Crippen LogP contribution is -2.16. The molecule has 0 heterocycles. The molecule has 12 heavy (non-hydrogen) atoms. The second kappa shape index (κ2) is 5.18. The number of hydrogen-bond acceptors (Lipinski definition) is 2. The van der Waals surface area contributed by atoms with Gasteiger partial charge in [0, 0.05) is 5.92 Å². The Morgan fingerprint density at radius 3 is 2.33 bits per heavy atom. The molecule has 2 heteroatoms. The Kier molecular flexibility index (Phi) is 4.12. The van der Waals surface area contributed by atoms with Crippen LogP contribution in [0.25, 0.3) is 0 Å². The van der Waals surface area contributed by atoms with E-state index in [9.17, 15) is 0 Å². The Hall–Kier alpha value is -0.530. The molecule has 0 unspecified atom stereocenters. The van der Waals surface area contributed by atoms with E-state index in [1.165, 1.54) is 38.5 Å². The molecular weight excluding hydrogens is 150 g/mol. The molecule has 0 bridgehead atoms. The van der Waals surface area contributed by atoms with E-state index < -0.39 is 0 Å². The summed E-state index contributed by atoms with van der Waals surface area (Å²) in [5, 5.41) is 7.66. The van der Waals surface area contributed by atoms with Crippen LogP contribution in [0.15, 0.2) is 0 Å². The Morgan fingerprint density at radius 2 is 1.83 bits per heavy atom. The summed E-state index contributed by atoms with van der Waals surface area (Å²) < 4.78 is 5.22. The van der Waals surface area contributed by atoms with Crippen molar-refractivity contribution in [2.24, 2.45) is 5.92 Å². The molecule has 0 aromatic heterocycles. The molecule has 1 rings (SSSR count). The molecule has 0 radical (unpaired) electrons. The fourth-order valence-electron chi connectivity index (χ4n) is 1.81. The maximum atomic E-state index is 7.66. The van der Waals surface area contributed by atoms with Gasteiger partial charge in [-0.3, -0.25) is 5.41 Å². The SMILES string of the molecule is CCOC(=N)C1CCCCCC1. The van der Waals surface area contributed by atoms with Gasteiger partial charge < -0.3 is 4.74 Å². The van der Waals surface area contributed by atoms with Gasteiger partial charge in [-0.1, -0.05) is 25.7 Å². The first-order valence-corrected chi connectivity index (χ1v) is 5.06. The largest absolute Gasteiger partial charge is 0.481 e. The van der Waals surface area contributed by atoms with Gasteiger partial charge in [-0.2, -0.15) is 0 Å². The fourth-order valence-corrected chi connectivity index (χ4v) is 1.81. The van der Waals surface area contributed by atoms with E-state index >= 15 is 0 Å². The topological polar surface area (TPSA) is 33.1 Å². The first kappa shape index (κ1) is 9.56. The fraction of sp³-hybridized carbons (Fsp3) is 0.900. The Labute approximate surface area is 74.8 Å². The van der Waals surface area contributed by atoms with E-state index in [-0.39, 0.29) is 0 Å². The van der Waals surface area contributed by atoms with Gasteiger partial charge in [-0.15, -0.1) is 0 Å². The minimum absolute atomic E-state index is 0.424. The van der Waals surface area contributed by atoms with E-state index in [0.717, 1.165) is 0 Å². The molecule has 1 N–H and O–H groups in total. The van der Waals surface area contributed by atoms with Crippen LogP contribution in [0.4, 0.5) is 0 Å². The summed E-state index contributed by atoms with van der Waals surface area (Å²) in [6, 6.07) is 0. The van der Waals surface area contributed by atoms with Gasteiger partial charge in [0.05, 0.1) is 6.61 Å². The zero-order valence-electron chi connectivity index (χ0n) is 7.94. The van der Waals surface area contributed by atoms with Gasteiger partial charge in [0.1, 0.15) is 0 Å². The standard InChI is InChI=1S/C10H19NO/c1-2-12-10(11)9-7-5-3-4-6-8-9/h9,11H,2-8H2,1H3. The van der Waals surface area contributed by atoms with Crippen molar-refractivity contribution >= 4 is 5.90 Å². The van der Waals surface area contributed by atoms with Crippen LogP contribution in [0.3, 0.4) is 0 Å². The predicted molar refractivity (Wildman–Crippen MR) is 50.5 cm³/mol. The Bertz CT molecular complexity index is 137. The zero-order chi connectivity index (χ0) is 8.81. The average Bonchev–Trinajstić information content (AvgIpc) is 2.32. The van der Waals surface area contributed by atoms with Gasteiger partial charge >= 0.3 is 0 Å². The summed E-state index contributed by atoms with van der Waals surface area (Å²) in [5.74, 6) is 0.951. The van der Waals surface area contributed by atoms with Gasteiger partial charge in [-0.05, 0) is 19.8 Å². The maximum Gasteiger partial charge on any atom is 0.183 e. The molecule has 0 amide bonds. The van der Waals surface area contributed by atoms with Crippen molar-refractivity contribution in [1.29, 1.82) is 5.41 Å². The lowest BCUT2D eigenvalue weighted by Gasteiger charge is -2.14. The van der Waals surface area contributed by atoms with Gasteiger partial charge in [-0.25, -0.2) is 0 Å². The number of hydrogen-bond donors (Lipinski definition) is 1. The molecule has 2 nitrogen and oxygen atoms in total. The van der Waals surface area contributed by atoms with Crippen molar-refractivity contribution in [3.8, 4) is 0 Å². The predicted octanol–water partition coefficient (Wildman–Crippen LogP) is 2.97. The molecule has 1 saturated carbocycles. The van der Waals surface area contributed by atoms with Crippen molar-refractivity contribution in [3.63, 3.8) is 0 Å².